The van der Waals surface area contributed by atoms with Gasteiger partial charge in [-0.3, -0.25) is 4.98 Å². The third kappa shape index (κ3) is 1.49. The number of halogens is 1. The van der Waals surface area contributed by atoms with Crippen molar-refractivity contribution in [3.63, 3.8) is 0 Å². The highest BCUT2D eigenvalue weighted by atomic mass is 35.5. The Morgan fingerprint density at radius 3 is 3.06 bits per heavy atom. The summed E-state index contributed by atoms with van der Waals surface area (Å²) in [4.78, 5) is 7.33. The minimum absolute atomic E-state index is 0.525. The first-order valence-corrected chi connectivity index (χ1v) is 6.06. The molecule has 3 aromatic rings. The molecule has 0 unspecified atom stereocenters. The highest BCUT2D eigenvalue weighted by molar-refractivity contribution is 6.34. The van der Waals surface area contributed by atoms with E-state index in [4.69, 9.17) is 22.1 Å². The molecule has 2 aromatic heterocycles. The molecule has 3 rings (SSSR count). The number of rotatable bonds is 2. The van der Waals surface area contributed by atoms with Gasteiger partial charge in [0.2, 0.25) is 0 Å². The van der Waals surface area contributed by atoms with E-state index in [9.17, 15) is 0 Å². The second-order valence-corrected chi connectivity index (χ2v) is 4.41. The average Bonchev–Trinajstić information content (AvgIpc) is 2.74. The molecular weight excluding hydrogens is 250 g/mol. The molecule has 0 atom stereocenters. The Balaban J connectivity index is 2.42. The summed E-state index contributed by atoms with van der Waals surface area (Å²) in [6.45, 7) is 2.42. The van der Waals surface area contributed by atoms with Crippen LogP contribution in [0.2, 0.25) is 5.02 Å². The average molecular weight is 262 g/mol. The number of nitrogen functional groups attached to an aromatic ring is 1. The predicted octanol–water partition coefficient (Wildman–Crippen LogP) is 3.35. The summed E-state index contributed by atoms with van der Waals surface area (Å²) in [6.07, 6.45) is 3.51. The summed E-state index contributed by atoms with van der Waals surface area (Å²) in [5.74, 6) is 0.534. The lowest BCUT2D eigenvalue weighted by atomic mass is 10.1. The lowest BCUT2D eigenvalue weighted by Gasteiger charge is -2.09. The van der Waals surface area contributed by atoms with E-state index >= 15 is 0 Å². The lowest BCUT2D eigenvalue weighted by Crippen LogP contribution is -1.98. The van der Waals surface area contributed by atoms with Gasteiger partial charge in [-0.15, -0.1) is 0 Å². The molecule has 0 radical (unpaired) electrons. The van der Waals surface area contributed by atoms with E-state index in [1.807, 2.05) is 19.1 Å². The first kappa shape index (κ1) is 11.2. The lowest BCUT2D eigenvalue weighted by molar-refractivity contribution is 0.342. The van der Waals surface area contributed by atoms with E-state index in [-0.39, 0.29) is 0 Å². The van der Waals surface area contributed by atoms with E-state index in [1.54, 1.807) is 12.4 Å². The Morgan fingerprint density at radius 2 is 2.28 bits per heavy atom. The maximum absolute atomic E-state index is 6.21. The number of benzene rings is 1. The molecule has 0 aliphatic rings. The fourth-order valence-electron chi connectivity index (χ4n) is 2.15. The second kappa shape index (κ2) is 4.07. The zero-order valence-electron chi connectivity index (χ0n) is 9.83. The van der Waals surface area contributed by atoms with Crippen LogP contribution in [0.3, 0.4) is 0 Å². The van der Waals surface area contributed by atoms with Crippen LogP contribution in [0.15, 0.2) is 24.5 Å². The van der Waals surface area contributed by atoms with Gasteiger partial charge < -0.3 is 15.5 Å². The van der Waals surface area contributed by atoms with Crippen LogP contribution in [-0.4, -0.2) is 16.6 Å². The van der Waals surface area contributed by atoms with Crippen molar-refractivity contribution in [1.82, 2.24) is 9.97 Å². The molecule has 0 aliphatic heterocycles. The van der Waals surface area contributed by atoms with E-state index in [2.05, 4.69) is 9.97 Å². The molecule has 0 fully saturated rings. The number of aromatic nitrogens is 2. The van der Waals surface area contributed by atoms with Gasteiger partial charge in [-0.2, -0.15) is 0 Å². The zero-order valence-corrected chi connectivity index (χ0v) is 10.6. The number of ether oxygens (including phenoxy) is 1. The maximum Gasteiger partial charge on any atom is 0.162 e. The monoisotopic (exact) mass is 261 g/mol. The molecule has 92 valence electrons. The number of fused-ring (bicyclic) bond motifs is 3. The summed E-state index contributed by atoms with van der Waals surface area (Å²) in [6, 6.07) is 3.81. The molecule has 1 aromatic carbocycles. The smallest absolute Gasteiger partial charge is 0.162 e. The standard InChI is InChI=1S/C13H12ClN3O/c1-2-18-13-9(14)5-8-7-3-4-16-6-10(7)17-12(8)11(13)15/h3-6,17H,2,15H2,1H3. The third-order valence-electron chi connectivity index (χ3n) is 2.93. The van der Waals surface area contributed by atoms with Crippen LogP contribution in [0.25, 0.3) is 21.8 Å². The Morgan fingerprint density at radius 1 is 1.44 bits per heavy atom. The van der Waals surface area contributed by atoms with Crippen molar-refractivity contribution in [2.75, 3.05) is 12.3 Å². The molecular formula is C13H12ClN3O. The number of hydrogen-bond acceptors (Lipinski definition) is 3. The molecule has 0 aliphatic carbocycles. The van der Waals surface area contributed by atoms with Crippen molar-refractivity contribution < 1.29 is 4.74 Å². The summed E-state index contributed by atoms with van der Waals surface area (Å²) in [7, 11) is 0. The van der Waals surface area contributed by atoms with Crippen LogP contribution in [-0.2, 0) is 0 Å². The van der Waals surface area contributed by atoms with Crippen molar-refractivity contribution >= 4 is 39.1 Å². The van der Waals surface area contributed by atoms with Crippen molar-refractivity contribution in [2.24, 2.45) is 0 Å². The molecule has 3 N–H and O–H groups in total. The van der Waals surface area contributed by atoms with Gasteiger partial charge >= 0.3 is 0 Å². The molecule has 5 heteroatoms. The van der Waals surface area contributed by atoms with Crippen molar-refractivity contribution in [1.29, 1.82) is 0 Å². The molecule has 4 nitrogen and oxygen atoms in total. The van der Waals surface area contributed by atoms with Crippen molar-refractivity contribution in [3.8, 4) is 5.75 Å². The largest absolute Gasteiger partial charge is 0.490 e. The molecule has 2 heterocycles. The van der Waals surface area contributed by atoms with Crippen LogP contribution in [0.1, 0.15) is 6.92 Å². The number of nitrogens with zero attached hydrogens (tertiary/aromatic N) is 1. The Labute approximate surface area is 109 Å². The van der Waals surface area contributed by atoms with Gasteiger partial charge in [-0.05, 0) is 19.1 Å². The minimum atomic E-state index is 0.525. The van der Waals surface area contributed by atoms with Gasteiger partial charge in [0.15, 0.2) is 5.75 Å². The van der Waals surface area contributed by atoms with E-state index in [1.165, 1.54) is 0 Å². The van der Waals surface area contributed by atoms with Crippen LogP contribution in [0.5, 0.6) is 5.75 Å². The number of aromatic amines is 1. The van der Waals surface area contributed by atoms with E-state index < -0.39 is 0 Å². The van der Waals surface area contributed by atoms with Crippen molar-refractivity contribution in [2.45, 2.75) is 6.92 Å². The quantitative estimate of drug-likeness (QED) is 0.696. The summed E-state index contributed by atoms with van der Waals surface area (Å²) in [5.41, 5.74) is 8.42. The predicted molar refractivity (Wildman–Crippen MR) is 74.2 cm³/mol. The van der Waals surface area contributed by atoms with Gasteiger partial charge in [0.25, 0.3) is 0 Å². The number of nitrogens with one attached hydrogen (secondary N) is 1. The first-order valence-electron chi connectivity index (χ1n) is 5.68. The number of anilines is 1. The van der Waals surface area contributed by atoms with Gasteiger partial charge in [-0.25, -0.2) is 0 Å². The van der Waals surface area contributed by atoms with E-state index in [0.29, 0.717) is 23.1 Å². The van der Waals surface area contributed by atoms with Crippen LogP contribution in [0.4, 0.5) is 5.69 Å². The Hall–Kier alpha value is -1.94. The van der Waals surface area contributed by atoms with Crippen LogP contribution in [0, 0.1) is 0 Å². The molecule has 0 bridgehead atoms. The second-order valence-electron chi connectivity index (χ2n) is 4.00. The molecule has 0 amide bonds. The summed E-state index contributed by atoms with van der Waals surface area (Å²) in [5, 5.41) is 2.56. The fraction of sp³-hybridized carbons (Fsp3) is 0.154. The number of nitrogens with two attached hydrogens (primary N) is 1. The molecule has 0 spiro atoms. The van der Waals surface area contributed by atoms with Crippen LogP contribution >= 0.6 is 11.6 Å². The SMILES string of the molecule is CCOc1c(Cl)cc2c([nH]c3cnccc32)c1N. The molecule has 0 saturated carbocycles. The third-order valence-corrected chi connectivity index (χ3v) is 3.21. The Kier molecular flexibility index (Phi) is 2.52. The molecule has 0 saturated heterocycles. The van der Waals surface area contributed by atoms with Crippen LogP contribution < -0.4 is 10.5 Å². The fourth-order valence-corrected chi connectivity index (χ4v) is 2.42. The van der Waals surface area contributed by atoms with Gasteiger partial charge in [-0.1, -0.05) is 11.6 Å². The topological polar surface area (TPSA) is 63.9 Å². The number of H-pyrrole nitrogens is 1. The number of pyridine rings is 1. The first-order chi connectivity index (χ1) is 8.72. The van der Waals surface area contributed by atoms with Gasteiger partial charge in [0, 0.05) is 17.0 Å². The van der Waals surface area contributed by atoms with Crippen molar-refractivity contribution in [3.05, 3.63) is 29.5 Å². The summed E-state index contributed by atoms with van der Waals surface area (Å²) < 4.78 is 5.48. The minimum Gasteiger partial charge on any atom is -0.490 e. The van der Waals surface area contributed by atoms with Gasteiger partial charge in [0.1, 0.15) is 5.69 Å². The van der Waals surface area contributed by atoms with E-state index in [0.717, 1.165) is 21.8 Å². The normalized spacial score (nSPS) is 11.2. The maximum atomic E-state index is 6.21. The highest BCUT2D eigenvalue weighted by Gasteiger charge is 2.14. The highest BCUT2D eigenvalue weighted by Crippen LogP contribution is 2.40. The zero-order chi connectivity index (χ0) is 12.7. The summed E-state index contributed by atoms with van der Waals surface area (Å²) >= 11 is 6.21. The number of hydrogen-bond donors (Lipinski definition) is 2. The van der Waals surface area contributed by atoms with Gasteiger partial charge in [0.05, 0.1) is 28.9 Å². The molecule has 18 heavy (non-hydrogen) atoms. The Bertz CT molecular complexity index is 736.